The molecule has 0 bridgehead atoms. The molecular formula is C14H14N2O4S. The predicted octanol–water partition coefficient (Wildman–Crippen LogP) is 2.38. The molecule has 2 aromatic rings. The van der Waals surface area contributed by atoms with E-state index in [1.54, 1.807) is 23.6 Å². The maximum Gasteiger partial charge on any atom is 0.350 e. The molecule has 0 spiro atoms. The average Bonchev–Trinajstić information content (AvgIpc) is 2.93. The Bertz CT molecular complexity index is 681. The van der Waals surface area contributed by atoms with E-state index in [4.69, 9.17) is 10.5 Å². The minimum atomic E-state index is -0.495. The average molecular weight is 306 g/mol. The fourth-order valence-electron chi connectivity index (χ4n) is 1.72. The van der Waals surface area contributed by atoms with E-state index in [-0.39, 0.29) is 5.91 Å². The molecule has 1 aromatic carbocycles. The van der Waals surface area contributed by atoms with Gasteiger partial charge in [-0.2, -0.15) is 0 Å². The summed E-state index contributed by atoms with van der Waals surface area (Å²) in [6.07, 6.45) is 0. The highest BCUT2D eigenvalue weighted by atomic mass is 32.1. The molecule has 0 aliphatic heterocycles. The Kier molecular flexibility index (Phi) is 4.44. The van der Waals surface area contributed by atoms with Gasteiger partial charge in [0.25, 0.3) is 5.91 Å². The Morgan fingerprint density at radius 2 is 2.00 bits per heavy atom. The Labute approximate surface area is 125 Å². The molecule has 7 heteroatoms. The number of hydrogen-bond donors (Lipinski definition) is 2. The lowest BCUT2D eigenvalue weighted by Gasteiger charge is -2.08. The van der Waals surface area contributed by atoms with Gasteiger partial charge in [-0.05, 0) is 23.6 Å². The van der Waals surface area contributed by atoms with E-state index in [0.29, 0.717) is 27.6 Å². The van der Waals surface area contributed by atoms with Crippen LogP contribution in [0.2, 0.25) is 0 Å². The van der Waals surface area contributed by atoms with Crippen LogP contribution >= 0.6 is 11.3 Å². The van der Waals surface area contributed by atoms with Gasteiger partial charge in [0.15, 0.2) is 0 Å². The molecule has 0 saturated heterocycles. The van der Waals surface area contributed by atoms with Crippen molar-refractivity contribution in [1.29, 1.82) is 0 Å². The van der Waals surface area contributed by atoms with Gasteiger partial charge in [0.05, 0.1) is 19.9 Å². The number of carbonyl (C=O) groups is 2. The molecule has 110 valence electrons. The molecule has 0 aliphatic carbocycles. The highest BCUT2D eigenvalue weighted by Crippen LogP contribution is 2.25. The van der Waals surface area contributed by atoms with Gasteiger partial charge < -0.3 is 20.5 Å². The summed E-state index contributed by atoms with van der Waals surface area (Å²) in [5.41, 5.74) is 6.87. The van der Waals surface area contributed by atoms with Crippen LogP contribution in [-0.2, 0) is 4.74 Å². The van der Waals surface area contributed by atoms with Crippen LogP contribution in [0.1, 0.15) is 20.0 Å². The van der Waals surface area contributed by atoms with Crippen LogP contribution in [0.15, 0.2) is 29.6 Å². The van der Waals surface area contributed by atoms with Crippen molar-refractivity contribution in [1.82, 2.24) is 0 Å². The van der Waals surface area contributed by atoms with Crippen LogP contribution in [0, 0.1) is 0 Å². The summed E-state index contributed by atoms with van der Waals surface area (Å²) in [6, 6.07) is 6.34. The maximum atomic E-state index is 12.2. The Morgan fingerprint density at radius 1 is 1.24 bits per heavy atom. The number of nitrogens with one attached hydrogen (secondary N) is 1. The first-order valence-electron chi connectivity index (χ1n) is 5.97. The van der Waals surface area contributed by atoms with Gasteiger partial charge in [-0.1, -0.05) is 0 Å². The predicted molar refractivity (Wildman–Crippen MR) is 81.0 cm³/mol. The summed E-state index contributed by atoms with van der Waals surface area (Å²) in [6.45, 7) is 0. The van der Waals surface area contributed by atoms with Gasteiger partial charge >= 0.3 is 5.97 Å². The lowest BCUT2D eigenvalue weighted by atomic mass is 10.1. The van der Waals surface area contributed by atoms with Crippen molar-refractivity contribution in [3.63, 3.8) is 0 Å². The summed E-state index contributed by atoms with van der Waals surface area (Å²) in [5.74, 6) is -0.395. The molecule has 0 radical (unpaired) electrons. The number of nitrogens with two attached hydrogens (primary N) is 1. The summed E-state index contributed by atoms with van der Waals surface area (Å²) < 4.78 is 9.73. The van der Waals surface area contributed by atoms with Gasteiger partial charge in [0, 0.05) is 17.3 Å². The monoisotopic (exact) mass is 306 g/mol. The molecule has 0 fully saturated rings. The Hall–Kier alpha value is -2.54. The molecule has 21 heavy (non-hydrogen) atoms. The van der Waals surface area contributed by atoms with E-state index in [2.05, 4.69) is 10.1 Å². The molecule has 0 aliphatic rings. The van der Waals surface area contributed by atoms with Crippen LogP contribution in [0.3, 0.4) is 0 Å². The first kappa shape index (κ1) is 14.9. The normalized spacial score (nSPS) is 10.0. The topological polar surface area (TPSA) is 90.7 Å². The number of amides is 1. The van der Waals surface area contributed by atoms with Crippen LogP contribution in [0.25, 0.3) is 0 Å². The standard InChI is InChI=1S/C14H14N2O4S/c1-19-10-6-8(5-9(15)7-10)13(17)16-11-3-4-21-12(11)14(18)20-2/h3-7H,15H2,1-2H3,(H,16,17). The Balaban J connectivity index is 2.24. The molecule has 3 N–H and O–H groups in total. The van der Waals surface area contributed by atoms with E-state index >= 15 is 0 Å². The number of methoxy groups -OCH3 is 2. The van der Waals surface area contributed by atoms with Gasteiger partial charge in [0.1, 0.15) is 10.6 Å². The van der Waals surface area contributed by atoms with Crippen molar-refractivity contribution in [2.45, 2.75) is 0 Å². The van der Waals surface area contributed by atoms with E-state index < -0.39 is 5.97 Å². The number of ether oxygens (including phenoxy) is 2. The molecular weight excluding hydrogens is 292 g/mol. The van der Waals surface area contributed by atoms with Crippen molar-refractivity contribution in [3.8, 4) is 5.75 Å². The fourth-order valence-corrected chi connectivity index (χ4v) is 2.49. The second-order valence-corrected chi connectivity index (χ2v) is 5.02. The number of thiophene rings is 1. The minimum absolute atomic E-state index is 0.335. The van der Waals surface area contributed by atoms with Crippen LogP contribution in [0.5, 0.6) is 5.75 Å². The smallest absolute Gasteiger partial charge is 0.350 e. The molecule has 0 unspecified atom stereocenters. The second-order valence-electron chi connectivity index (χ2n) is 4.10. The van der Waals surface area contributed by atoms with E-state index in [0.717, 1.165) is 0 Å². The zero-order chi connectivity index (χ0) is 15.4. The van der Waals surface area contributed by atoms with Crippen LogP contribution in [-0.4, -0.2) is 26.1 Å². The van der Waals surface area contributed by atoms with E-state index in [1.165, 1.54) is 31.6 Å². The van der Waals surface area contributed by atoms with Gasteiger partial charge in [0.2, 0.25) is 0 Å². The SMILES string of the molecule is COC(=O)c1sccc1NC(=O)c1cc(N)cc(OC)c1. The fraction of sp³-hybridized carbons (Fsp3) is 0.143. The van der Waals surface area contributed by atoms with Gasteiger partial charge in [-0.25, -0.2) is 4.79 Å². The Morgan fingerprint density at radius 3 is 2.67 bits per heavy atom. The zero-order valence-electron chi connectivity index (χ0n) is 11.5. The number of esters is 1. The molecule has 2 rings (SSSR count). The first-order valence-corrected chi connectivity index (χ1v) is 6.85. The number of rotatable bonds is 4. The van der Waals surface area contributed by atoms with Crippen LogP contribution in [0.4, 0.5) is 11.4 Å². The van der Waals surface area contributed by atoms with Crippen molar-refractivity contribution < 1.29 is 19.1 Å². The molecule has 1 amide bonds. The first-order chi connectivity index (χ1) is 10.0. The van der Waals surface area contributed by atoms with Gasteiger partial charge in [-0.3, -0.25) is 4.79 Å². The van der Waals surface area contributed by atoms with Crippen molar-refractivity contribution >= 4 is 34.6 Å². The van der Waals surface area contributed by atoms with E-state index in [9.17, 15) is 9.59 Å². The number of nitrogen functional groups attached to an aromatic ring is 1. The quantitative estimate of drug-likeness (QED) is 0.668. The largest absolute Gasteiger partial charge is 0.497 e. The summed E-state index contributed by atoms with van der Waals surface area (Å²) in [4.78, 5) is 24.1. The van der Waals surface area contributed by atoms with Gasteiger partial charge in [-0.15, -0.1) is 11.3 Å². The highest BCUT2D eigenvalue weighted by Gasteiger charge is 2.17. The number of hydrogen-bond acceptors (Lipinski definition) is 6. The lowest BCUT2D eigenvalue weighted by molar-refractivity contribution is 0.0607. The van der Waals surface area contributed by atoms with Crippen molar-refractivity contribution in [2.75, 3.05) is 25.3 Å². The molecule has 1 aromatic heterocycles. The molecule has 1 heterocycles. The second kappa shape index (κ2) is 6.27. The zero-order valence-corrected chi connectivity index (χ0v) is 12.3. The molecule has 6 nitrogen and oxygen atoms in total. The van der Waals surface area contributed by atoms with E-state index in [1.807, 2.05) is 0 Å². The highest BCUT2D eigenvalue weighted by molar-refractivity contribution is 7.12. The van der Waals surface area contributed by atoms with Crippen LogP contribution < -0.4 is 15.8 Å². The summed E-state index contributed by atoms with van der Waals surface area (Å²) in [5, 5.41) is 4.36. The summed E-state index contributed by atoms with van der Waals surface area (Å²) in [7, 11) is 2.78. The number of carbonyl (C=O) groups excluding carboxylic acids is 2. The van der Waals surface area contributed by atoms with Crippen molar-refractivity contribution in [3.05, 3.63) is 40.1 Å². The third kappa shape index (κ3) is 3.32. The molecule has 0 atom stereocenters. The lowest BCUT2D eigenvalue weighted by Crippen LogP contribution is -2.14. The third-order valence-electron chi connectivity index (χ3n) is 2.71. The number of benzene rings is 1. The maximum absolute atomic E-state index is 12.2. The third-order valence-corrected chi connectivity index (χ3v) is 3.61. The minimum Gasteiger partial charge on any atom is -0.497 e. The summed E-state index contributed by atoms with van der Waals surface area (Å²) >= 11 is 1.19. The molecule has 0 saturated carbocycles. The number of anilines is 2. The van der Waals surface area contributed by atoms with Crippen molar-refractivity contribution in [2.24, 2.45) is 0 Å².